The molecule has 3 rings (SSSR count). The van der Waals surface area contributed by atoms with Crippen molar-refractivity contribution in [2.75, 3.05) is 0 Å². The molecule has 0 bridgehead atoms. The predicted molar refractivity (Wildman–Crippen MR) is 68.1 cm³/mol. The smallest absolute Gasteiger partial charge is 0.177 e. The van der Waals surface area contributed by atoms with Crippen LogP contribution in [-0.4, -0.2) is 9.55 Å². The molecule has 1 aromatic rings. The predicted octanol–water partition coefficient (Wildman–Crippen LogP) is 3.86. The molecule has 1 N–H and O–H groups in total. The molecule has 1 heterocycles. The molecule has 0 atom stereocenters. The average molecular weight is 236 g/mol. The fraction of sp³-hybridized carbons (Fsp3) is 0.769. The van der Waals surface area contributed by atoms with Gasteiger partial charge in [0.25, 0.3) is 0 Å². The van der Waals surface area contributed by atoms with Gasteiger partial charge < -0.3 is 9.55 Å². The van der Waals surface area contributed by atoms with Crippen LogP contribution < -0.4 is 0 Å². The van der Waals surface area contributed by atoms with Crippen LogP contribution in [0, 0.1) is 16.1 Å². The molecule has 2 aliphatic rings. The van der Waals surface area contributed by atoms with Crippen LogP contribution in [0.25, 0.3) is 0 Å². The molecule has 16 heavy (non-hydrogen) atoms. The number of H-pyrrole nitrogens is 1. The number of rotatable bonds is 4. The molecule has 2 saturated carbocycles. The summed E-state index contributed by atoms with van der Waals surface area (Å²) >= 11 is 5.40. The Bertz CT molecular complexity index is 447. The Morgan fingerprint density at radius 3 is 2.69 bits per heavy atom. The molecule has 2 aliphatic carbocycles. The number of aromatic nitrogens is 2. The lowest BCUT2D eigenvalue weighted by Crippen LogP contribution is -2.16. The third-order valence-corrected chi connectivity index (χ3v) is 4.64. The largest absolute Gasteiger partial charge is 0.337 e. The van der Waals surface area contributed by atoms with E-state index in [2.05, 4.69) is 29.6 Å². The van der Waals surface area contributed by atoms with Crippen molar-refractivity contribution >= 4 is 12.2 Å². The van der Waals surface area contributed by atoms with Crippen molar-refractivity contribution in [1.82, 2.24) is 9.55 Å². The Balaban J connectivity index is 1.88. The van der Waals surface area contributed by atoms with Crippen LogP contribution in [0.2, 0.25) is 0 Å². The first-order valence-corrected chi connectivity index (χ1v) is 6.81. The second-order valence-corrected chi connectivity index (χ2v) is 6.28. The van der Waals surface area contributed by atoms with Gasteiger partial charge in [0.15, 0.2) is 4.77 Å². The van der Waals surface area contributed by atoms with E-state index >= 15 is 0 Å². The van der Waals surface area contributed by atoms with Crippen molar-refractivity contribution in [3.05, 3.63) is 16.7 Å². The summed E-state index contributed by atoms with van der Waals surface area (Å²) in [5, 5.41) is 0. The molecule has 0 spiro atoms. The van der Waals surface area contributed by atoms with Crippen molar-refractivity contribution in [2.24, 2.45) is 11.3 Å². The maximum atomic E-state index is 5.40. The highest BCUT2D eigenvalue weighted by Gasteiger charge is 2.53. The van der Waals surface area contributed by atoms with E-state index in [0.29, 0.717) is 11.3 Å². The topological polar surface area (TPSA) is 20.7 Å². The Labute approximate surface area is 102 Å². The number of aromatic amines is 1. The van der Waals surface area contributed by atoms with Crippen LogP contribution in [0.15, 0.2) is 6.20 Å². The molecule has 0 aliphatic heterocycles. The lowest BCUT2D eigenvalue weighted by molar-refractivity contribution is 0.360. The van der Waals surface area contributed by atoms with E-state index in [-0.39, 0.29) is 0 Å². The maximum absolute atomic E-state index is 5.40. The molecule has 2 nitrogen and oxygen atoms in total. The van der Waals surface area contributed by atoms with Crippen molar-refractivity contribution in [3.63, 3.8) is 0 Å². The second-order valence-electron chi connectivity index (χ2n) is 5.90. The van der Waals surface area contributed by atoms with Crippen LogP contribution in [0.4, 0.5) is 0 Å². The molecule has 0 radical (unpaired) electrons. The number of hydrogen-bond acceptors (Lipinski definition) is 1. The molecule has 0 aromatic carbocycles. The summed E-state index contributed by atoms with van der Waals surface area (Å²) in [6.07, 6.45) is 7.84. The van der Waals surface area contributed by atoms with E-state index in [0.717, 1.165) is 17.2 Å². The standard InChI is InChI=1S/C13H20N2S/c1-9(2)11-7-14-12(16)15(11)8-13(5-6-13)10-3-4-10/h7,9-10H,3-6,8H2,1-2H3,(H,14,16). The van der Waals surface area contributed by atoms with Gasteiger partial charge in [-0.2, -0.15) is 0 Å². The van der Waals surface area contributed by atoms with Crippen LogP contribution in [0.3, 0.4) is 0 Å². The van der Waals surface area contributed by atoms with Crippen LogP contribution in [-0.2, 0) is 6.54 Å². The first-order valence-electron chi connectivity index (χ1n) is 6.40. The number of nitrogens with one attached hydrogen (secondary N) is 1. The second kappa shape index (κ2) is 3.46. The first-order chi connectivity index (χ1) is 7.62. The quantitative estimate of drug-likeness (QED) is 0.787. The van der Waals surface area contributed by atoms with Gasteiger partial charge in [-0.25, -0.2) is 0 Å². The van der Waals surface area contributed by atoms with Crippen LogP contribution in [0.1, 0.15) is 51.1 Å². The van der Waals surface area contributed by atoms with Gasteiger partial charge in [-0.3, -0.25) is 0 Å². The van der Waals surface area contributed by atoms with Crippen molar-refractivity contribution in [3.8, 4) is 0 Å². The van der Waals surface area contributed by atoms with Gasteiger partial charge in [0.05, 0.1) is 0 Å². The highest BCUT2D eigenvalue weighted by atomic mass is 32.1. The zero-order chi connectivity index (χ0) is 11.3. The molecule has 0 amide bonds. The summed E-state index contributed by atoms with van der Waals surface area (Å²) in [6, 6.07) is 0. The molecule has 0 saturated heterocycles. The fourth-order valence-electron chi connectivity index (χ4n) is 2.92. The third-order valence-electron chi connectivity index (χ3n) is 4.30. The SMILES string of the molecule is CC(C)c1c[nH]c(=S)n1CC1(C2CC2)CC1. The summed E-state index contributed by atoms with van der Waals surface area (Å²) in [5.41, 5.74) is 2.00. The van der Waals surface area contributed by atoms with E-state index < -0.39 is 0 Å². The highest BCUT2D eigenvalue weighted by Crippen LogP contribution is 2.62. The minimum Gasteiger partial charge on any atom is -0.337 e. The molecule has 88 valence electrons. The zero-order valence-electron chi connectivity index (χ0n) is 10.1. The van der Waals surface area contributed by atoms with Crippen molar-refractivity contribution in [1.29, 1.82) is 0 Å². The van der Waals surface area contributed by atoms with Gasteiger partial charge in [0.2, 0.25) is 0 Å². The lowest BCUT2D eigenvalue weighted by Gasteiger charge is -2.18. The zero-order valence-corrected chi connectivity index (χ0v) is 10.9. The van der Waals surface area contributed by atoms with Gasteiger partial charge >= 0.3 is 0 Å². The third kappa shape index (κ3) is 1.65. The van der Waals surface area contributed by atoms with E-state index in [1.54, 1.807) is 0 Å². The summed E-state index contributed by atoms with van der Waals surface area (Å²) in [7, 11) is 0. The summed E-state index contributed by atoms with van der Waals surface area (Å²) < 4.78 is 3.27. The Hall–Kier alpha value is -0.570. The minimum atomic E-state index is 0.558. The van der Waals surface area contributed by atoms with Gasteiger partial charge in [-0.15, -0.1) is 0 Å². The maximum Gasteiger partial charge on any atom is 0.177 e. The van der Waals surface area contributed by atoms with Crippen molar-refractivity contribution in [2.45, 2.75) is 52.0 Å². The van der Waals surface area contributed by atoms with E-state index in [1.165, 1.54) is 31.4 Å². The Kier molecular flexibility index (Phi) is 2.29. The number of hydrogen-bond donors (Lipinski definition) is 1. The van der Waals surface area contributed by atoms with Gasteiger partial charge in [-0.05, 0) is 55.2 Å². The number of nitrogens with zero attached hydrogens (tertiary/aromatic N) is 1. The molecular weight excluding hydrogens is 216 g/mol. The highest BCUT2D eigenvalue weighted by molar-refractivity contribution is 7.71. The Morgan fingerprint density at radius 1 is 1.50 bits per heavy atom. The van der Waals surface area contributed by atoms with Gasteiger partial charge in [-0.1, -0.05) is 13.8 Å². The lowest BCUT2D eigenvalue weighted by atomic mass is 10.00. The molecule has 1 aromatic heterocycles. The summed E-state index contributed by atoms with van der Waals surface area (Å²) in [6.45, 7) is 5.64. The fourth-order valence-corrected chi connectivity index (χ4v) is 3.15. The van der Waals surface area contributed by atoms with E-state index in [9.17, 15) is 0 Å². The normalized spacial score (nSPS) is 22.7. The molecule has 3 heteroatoms. The molecule has 0 unspecified atom stereocenters. The van der Waals surface area contributed by atoms with Gasteiger partial charge in [0.1, 0.15) is 0 Å². The van der Waals surface area contributed by atoms with Gasteiger partial charge in [0, 0.05) is 18.4 Å². The van der Waals surface area contributed by atoms with Crippen LogP contribution in [0.5, 0.6) is 0 Å². The van der Waals surface area contributed by atoms with E-state index in [1.807, 2.05) is 0 Å². The van der Waals surface area contributed by atoms with Crippen LogP contribution >= 0.6 is 12.2 Å². The van der Waals surface area contributed by atoms with E-state index in [4.69, 9.17) is 12.2 Å². The average Bonchev–Trinajstić information content (AvgIpc) is 3.09. The van der Waals surface area contributed by atoms with Crippen molar-refractivity contribution < 1.29 is 0 Å². The minimum absolute atomic E-state index is 0.558. The molecule has 2 fully saturated rings. The number of imidazole rings is 1. The summed E-state index contributed by atoms with van der Waals surface area (Å²) in [5.74, 6) is 1.56. The Morgan fingerprint density at radius 2 is 2.19 bits per heavy atom. The monoisotopic (exact) mass is 236 g/mol. The summed E-state index contributed by atoms with van der Waals surface area (Å²) in [4.78, 5) is 3.21. The molecular formula is C13H20N2S. The first kappa shape index (κ1) is 10.6.